The Bertz CT molecular complexity index is 1470. The van der Waals surface area contributed by atoms with Gasteiger partial charge in [-0.25, -0.2) is 0 Å². The number of pyridine rings is 1. The molecule has 2 aliphatic heterocycles. The standard InChI is InChI=1S/C31H30Cl2N4OS/c1-19-15-20(2)18-36(17-19)26-11-10-23(16-24(26)33)37-30(29(35-31(37)39)25-5-3-4-14-34-25)28-13-12-27(38-28)21-6-8-22(32)9-7-21/h3-14,16,19-20,29-30H,15,17-18H2,1-2H3,(H,35,39). The first kappa shape index (κ1) is 26.2. The quantitative estimate of drug-likeness (QED) is 0.241. The van der Waals surface area contributed by atoms with Gasteiger partial charge in [0.15, 0.2) is 5.11 Å². The predicted molar refractivity (Wildman–Crippen MR) is 164 cm³/mol. The molecule has 4 atom stereocenters. The summed E-state index contributed by atoms with van der Waals surface area (Å²) >= 11 is 19.0. The molecule has 0 spiro atoms. The van der Waals surface area contributed by atoms with Crippen LogP contribution in [0.3, 0.4) is 0 Å². The lowest BCUT2D eigenvalue weighted by atomic mass is 9.91. The van der Waals surface area contributed by atoms with E-state index in [9.17, 15) is 0 Å². The highest BCUT2D eigenvalue weighted by Gasteiger charge is 2.43. The molecule has 4 heterocycles. The smallest absolute Gasteiger partial charge is 0.174 e. The van der Waals surface area contributed by atoms with E-state index in [1.54, 1.807) is 6.20 Å². The number of rotatable bonds is 5. The summed E-state index contributed by atoms with van der Waals surface area (Å²) in [7, 11) is 0. The zero-order chi connectivity index (χ0) is 27.1. The third-order valence-corrected chi connectivity index (χ3v) is 8.43. The van der Waals surface area contributed by atoms with Crippen molar-refractivity contribution in [3.05, 3.63) is 100 Å². The number of hydrogen-bond donors (Lipinski definition) is 1. The van der Waals surface area contributed by atoms with Gasteiger partial charge in [0.2, 0.25) is 0 Å². The van der Waals surface area contributed by atoms with Crippen LogP contribution < -0.4 is 15.1 Å². The summed E-state index contributed by atoms with van der Waals surface area (Å²) in [5.74, 6) is 2.82. The van der Waals surface area contributed by atoms with Crippen molar-refractivity contribution >= 4 is 51.9 Å². The van der Waals surface area contributed by atoms with E-state index in [1.165, 1.54) is 6.42 Å². The molecule has 2 aliphatic rings. The maximum atomic E-state index is 6.95. The maximum Gasteiger partial charge on any atom is 0.174 e. The summed E-state index contributed by atoms with van der Waals surface area (Å²) in [6.07, 6.45) is 3.05. The highest BCUT2D eigenvalue weighted by molar-refractivity contribution is 7.80. The number of halogens is 2. The molecule has 2 aromatic heterocycles. The molecule has 2 saturated heterocycles. The van der Waals surface area contributed by atoms with E-state index in [0.717, 1.165) is 52.3 Å². The first-order valence-electron chi connectivity index (χ1n) is 13.3. The summed E-state index contributed by atoms with van der Waals surface area (Å²) in [4.78, 5) is 9.14. The summed E-state index contributed by atoms with van der Waals surface area (Å²) in [5.41, 5.74) is 3.82. The molecule has 5 nitrogen and oxygen atoms in total. The van der Waals surface area contributed by atoms with Crippen LogP contribution in [-0.4, -0.2) is 23.2 Å². The zero-order valence-electron chi connectivity index (χ0n) is 21.9. The molecule has 8 heteroatoms. The maximum absolute atomic E-state index is 6.95. The summed E-state index contributed by atoms with van der Waals surface area (Å²) in [6, 6.07) is 23.3. The van der Waals surface area contributed by atoms with E-state index in [1.807, 2.05) is 60.7 Å². The molecular formula is C31H30Cl2N4OS. The second-order valence-corrected chi connectivity index (χ2v) is 11.9. The lowest BCUT2D eigenvalue weighted by Gasteiger charge is -2.37. The fourth-order valence-electron chi connectivity index (χ4n) is 5.96. The summed E-state index contributed by atoms with van der Waals surface area (Å²) in [6.45, 7) is 6.64. The molecule has 4 unspecified atom stereocenters. The van der Waals surface area contributed by atoms with Gasteiger partial charge in [-0.2, -0.15) is 0 Å². The first-order valence-corrected chi connectivity index (χ1v) is 14.4. The molecule has 1 N–H and O–H groups in total. The normalized spacial score (nSPS) is 23.2. The minimum absolute atomic E-state index is 0.204. The topological polar surface area (TPSA) is 44.5 Å². The van der Waals surface area contributed by atoms with Gasteiger partial charge >= 0.3 is 0 Å². The van der Waals surface area contributed by atoms with Gasteiger partial charge in [0.05, 0.1) is 22.4 Å². The van der Waals surface area contributed by atoms with Crippen LogP contribution in [0.2, 0.25) is 10.0 Å². The lowest BCUT2D eigenvalue weighted by molar-refractivity contribution is 0.357. The van der Waals surface area contributed by atoms with Crippen molar-refractivity contribution in [1.29, 1.82) is 0 Å². The molecule has 0 bridgehead atoms. The molecule has 39 heavy (non-hydrogen) atoms. The molecule has 2 fully saturated rings. The monoisotopic (exact) mass is 576 g/mol. The third kappa shape index (κ3) is 5.25. The molecule has 0 radical (unpaired) electrons. The van der Waals surface area contributed by atoms with Crippen LogP contribution in [-0.2, 0) is 0 Å². The molecule has 2 aromatic carbocycles. The van der Waals surface area contributed by atoms with E-state index in [-0.39, 0.29) is 12.1 Å². The molecular weight excluding hydrogens is 547 g/mol. The molecule has 6 rings (SSSR count). The molecule has 0 saturated carbocycles. The average molecular weight is 578 g/mol. The van der Waals surface area contributed by atoms with Crippen LogP contribution >= 0.6 is 35.4 Å². The van der Waals surface area contributed by atoms with Crippen LogP contribution in [0.4, 0.5) is 11.4 Å². The molecule has 200 valence electrons. The Balaban J connectivity index is 1.38. The number of nitrogens with zero attached hydrogens (tertiary/aromatic N) is 3. The predicted octanol–water partition coefficient (Wildman–Crippen LogP) is 8.31. The van der Waals surface area contributed by atoms with Crippen molar-refractivity contribution in [2.24, 2.45) is 11.8 Å². The molecule has 0 amide bonds. The van der Waals surface area contributed by atoms with Gasteiger partial charge in [-0.3, -0.25) is 4.98 Å². The Hall–Kier alpha value is -3.06. The highest BCUT2D eigenvalue weighted by Crippen LogP contribution is 2.44. The number of hydrogen-bond acceptors (Lipinski definition) is 4. The van der Waals surface area contributed by atoms with Crippen molar-refractivity contribution < 1.29 is 4.42 Å². The largest absolute Gasteiger partial charge is 0.459 e. The average Bonchev–Trinajstić information content (AvgIpc) is 3.53. The Morgan fingerprint density at radius 1 is 0.949 bits per heavy atom. The van der Waals surface area contributed by atoms with Gasteiger partial charge in [-0.1, -0.05) is 43.1 Å². The van der Waals surface area contributed by atoms with Crippen LogP contribution in [0.5, 0.6) is 0 Å². The Labute approximate surface area is 244 Å². The third-order valence-electron chi connectivity index (χ3n) is 7.56. The fourth-order valence-corrected chi connectivity index (χ4v) is 6.73. The van der Waals surface area contributed by atoms with E-state index >= 15 is 0 Å². The van der Waals surface area contributed by atoms with Crippen LogP contribution in [0.1, 0.15) is 43.8 Å². The Morgan fingerprint density at radius 3 is 2.41 bits per heavy atom. The van der Waals surface area contributed by atoms with Gasteiger partial charge in [0.1, 0.15) is 17.6 Å². The SMILES string of the molecule is CC1CC(C)CN(c2ccc(N3C(=S)NC(c4ccccn4)C3c3ccc(-c4ccc(Cl)cc4)o3)cc2Cl)C1. The number of furan rings is 1. The van der Waals surface area contributed by atoms with Gasteiger partial charge in [0, 0.05) is 35.6 Å². The van der Waals surface area contributed by atoms with Crippen molar-refractivity contribution in [1.82, 2.24) is 10.3 Å². The number of aromatic nitrogens is 1. The number of piperidine rings is 1. The number of thiocarbonyl (C=S) groups is 1. The van der Waals surface area contributed by atoms with Crippen LogP contribution in [0.25, 0.3) is 11.3 Å². The minimum atomic E-state index is -0.259. The van der Waals surface area contributed by atoms with Crippen LogP contribution in [0, 0.1) is 11.8 Å². The Morgan fingerprint density at radius 2 is 1.72 bits per heavy atom. The summed E-state index contributed by atoms with van der Waals surface area (Å²) in [5, 5.41) is 5.50. The van der Waals surface area contributed by atoms with Gasteiger partial charge in [-0.15, -0.1) is 0 Å². The van der Waals surface area contributed by atoms with Crippen molar-refractivity contribution in [3.8, 4) is 11.3 Å². The Kier molecular flexibility index (Phi) is 7.27. The number of nitrogens with one attached hydrogen (secondary N) is 1. The number of anilines is 2. The van der Waals surface area contributed by atoms with E-state index in [0.29, 0.717) is 22.0 Å². The van der Waals surface area contributed by atoms with E-state index in [4.69, 9.17) is 39.8 Å². The van der Waals surface area contributed by atoms with Gasteiger partial charge in [-0.05, 0) is 97.2 Å². The van der Waals surface area contributed by atoms with E-state index in [2.05, 4.69) is 46.1 Å². The van der Waals surface area contributed by atoms with Gasteiger partial charge < -0.3 is 19.5 Å². The van der Waals surface area contributed by atoms with Crippen molar-refractivity contribution in [3.63, 3.8) is 0 Å². The highest BCUT2D eigenvalue weighted by atomic mass is 35.5. The van der Waals surface area contributed by atoms with E-state index < -0.39 is 0 Å². The minimum Gasteiger partial charge on any atom is -0.459 e. The second kappa shape index (κ2) is 10.8. The van der Waals surface area contributed by atoms with Crippen molar-refractivity contribution in [2.75, 3.05) is 22.9 Å². The second-order valence-electron chi connectivity index (χ2n) is 10.7. The van der Waals surface area contributed by atoms with Crippen molar-refractivity contribution in [2.45, 2.75) is 32.4 Å². The van der Waals surface area contributed by atoms with Gasteiger partial charge in [0.25, 0.3) is 0 Å². The molecule has 0 aliphatic carbocycles. The summed E-state index contributed by atoms with van der Waals surface area (Å²) < 4.78 is 6.46. The van der Waals surface area contributed by atoms with Crippen LogP contribution in [0.15, 0.2) is 83.4 Å². The first-order chi connectivity index (χ1) is 18.9. The lowest BCUT2D eigenvalue weighted by Crippen LogP contribution is -2.38. The molecule has 4 aromatic rings. The zero-order valence-corrected chi connectivity index (χ0v) is 24.2. The fraction of sp³-hybridized carbons (Fsp3) is 0.290. The number of benzene rings is 2.